The summed E-state index contributed by atoms with van der Waals surface area (Å²) in [6.07, 6.45) is -0.192. The van der Waals surface area contributed by atoms with Gasteiger partial charge in [0.05, 0.1) is 18.7 Å². The summed E-state index contributed by atoms with van der Waals surface area (Å²) in [6.45, 7) is -1.14. The van der Waals surface area contributed by atoms with E-state index in [0.717, 1.165) is 25.3 Å². The third-order valence-corrected chi connectivity index (χ3v) is 4.70. The van der Waals surface area contributed by atoms with Gasteiger partial charge in [0.25, 0.3) is 0 Å². The van der Waals surface area contributed by atoms with E-state index in [9.17, 15) is 18.0 Å². The van der Waals surface area contributed by atoms with E-state index >= 15 is 0 Å². The van der Waals surface area contributed by atoms with Crippen molar-refractivity contribution >= 4 is 22.0 Å². The first-order valence-corrected chi connectivity index (χ1v) is 7.68. The lowest BCUT2D eigenvalue weighted by Crippen LogP contribution is -2.36. The van der Waals surface area contributed by atoms with Crippen molar-refractivity contribution in [3.63, 3.8) is 0 Å². The Bertz CT molecular complexity index is 752. The lowest BCUT2D eigenvalue weighted by molar-refractivity contribution is -0.137. The summed E-state index contributed by atoms with van der Waals surface area (Å²) in [6, 6.07) is 4.86. The molecule has 124 valence electrons. The summed E-state index contributed by atoms with van der Waals surface area (Å²) < 4.78 is 30.6. The van der Waals surface area contributed by atoms with Gasteiger partial charge in [0.1, 0.15) is 17.2 Å². The van der Waals surface area contributed by atoms with E-state index in [4.69, 9.17) is 20.2 Å². The van der Waals surface area contributed by atoms with E-state index in [-0.39, 0.29) is 29.2 Å². The Kier molecular flexibility index (Phi) is 6.06. The number of hydrogen-bond donors (Lipinski definition) is 2. The zero-order valence-electron chi connectivity index (χ0n) is 12.1. The lowest BCUT2D eigenvalue weighted by atomic mass is 10.2. The number of sulfonamides is 1. The second kappa shape index (κ2) is 7.57. The van der Waals surface area contributed by atoms with Gasteiger partial charge < -0.3 is 14.9 Å². The van der Waals surface area contributed by atoms with E-state index in [1.54, 1.807) is 6.07 Å². The first-order chi connectivity index (χ1) is 10.7. The number of carboxylic acids is 2. The first kappa shape index (κ1) is 18.4. The van der Waals surface area contributed by atoms with Crippen LogP contribution in [0.1, 0.15) is 16.8 Å². The average Bonchev–Trinajstić information content (AvgIpc) is 2.50. The molecule has 0 spiro atoms. The van der Waals surface area contributed by atoms with Gasteiger partial charge in [-0.2, -0.15) is 9.57 Å². The molecule has 0 aromatic heterocycles. The van der Waals surface area contributed by atoms with E-state index in [2.05, 4.69) is 0 Å². The molecule has 0 aliphatic carbocycles. The highest BCUT2D eigenvalue weighted by Gasteiger charge is 2.29. The minimum Gasteiger partial charge on any atom is -0.495 e. The van der Waals surface area contributed by atoms with Crippen molar-refractivity contribution in [1.29, 1.82) is 5.26 Å². The molecular weight excluding hydrogens is 328 g/mol. The maximum atomic E-state index is 12.6. The number of carbonyl (C=O) groups is 2. The number of ether oxygens (including phenoxy) is 1. The predicted molar refractivity (Wildman–Crippen MR) is 76.6 cm³/mol. The maximum absolute atomic E-state index is 12.6. The van der Waals surface area contributed by atoms with Crippen LogP contribution < -0.4 is 4.74 Å². The zero-order chi connectivity index (χ0) is 17.6. The van der Waals surface area contributed by atoms with Crippen molar-refractivity contribution in [2.24, 2.45) is 0 Å². The molecule has 10 heteroatoms. The van der Waals surface area contributed by atoms with Gasteiger partial charge in [-0.3, -0.25) is 4.79 Å². The molecule has 0 saturated carbocycles. The quantitative estimate of drug-likeness (QED) is 0.689. The van der Waals surface area contributed by atoms with Gasteiger partial charge in [0, 0.05) is 13.0 Å². The molecule has 1 aromatic carbocycles. The Morgan fingerprint density at radius 3 is 2.48 bits per heavy atom. The molecule has 0 aliphatic heterocycles. The molecule has 9 nitrogen and oxygen atoms in total. The summed E-state index contributed by atoms with van der Waals surface area (Å²) in [5, 5.41) is 26.3. The number of benzene rings is 1. The molecule has 0 atom stereocenters. The maximum Gasteiger partial charge on any atom is 0.335 e. The topological polar surface area (TPSA) is 145 Å². The van der Waals surface area contributed by atoms with E-state index < -0.39 is 28.5 Å². The van der Waals surface area contributed by atoms with Crippen LogP contribution >= 0.6 is 0 Å². The van der Waals surface area contributed by atoms with Gasteiger partial charge in [-0.15, -0.1) is 0 Å². The molecule has 0 radical (unpaired) electrons. The Balaban J connectivity index is 3.36. The van der Waals surface area contributed by atoms with Crippen LogP contribution in [-0.4, -0.2) is 55.1 Å². The minimum absolute atomic E-state index is 0.178. The van der Waals surface area contributed by atoms with Crippen LogP contribution in [0, 0.1) is 11.3 Å². The largest absolute Gasteiger partial charge is 0.495 e. The van der Waals surface area contributed by atoms with Crippen molar-refractivity contribution in [3.8, 4) is 11.8 Å². The van der Waals surface area contributed by atoms with E-state index in [1.165, 1.54) is 0 Å². The van der Waals surface area contributed by atoms with Gasteiger partial charge >= 0.3 is 11.9 Å². The molecule has 0 fully saturated rings. The van der Waals surface area contributed by atoms with Crippen molar-refractivity contribution in [1.82, 2.24) is 4.31 Å². The van der Waals surface area contributed by atoms with Crippen LogP contribution in [0.2, 0.25) is 0 Å². The van der Waals surface area contributed by atoms with Crippen molar-refractivity contribution < 1.29 is 33.0 Å². The highest BCUT2D eigenvalue weighted by Crippen LogP contribution is 2.28. The SMILES string of the molecule is COc1cc(C(=O)O)ccc1S(=O)(=O)N(CCC#N)CC(=O)O. The van der Waals surface area contributed by atoms with Crippen molar-refractivity contribution in [3.05, 3.63) is 23.8 Å². The van der Waals surface area contributed by atoms with E-state index in [0.29, 0.717) is 4.31 Å². The summed E-state index contributed by atoms with van der Waals surface area (Å²) >= 11 is 0. The zero-order valence-corrected chi connectivity index (χ0v) is 12.9. The Morgan fingerprint density at radius 2 is 2.00 bits per heavy atom. The van der Waals surface area contributed by atoms with E-state index in [1.807, 2.05) is 0 Å². The lowest BCUT2D eigenvalue weighted by Gasteiger charge is -2.20. The third kappa shape index (κ3) is 4.41. The van der Waals surface area contributed by atoms with Crippen molar-refractivity contribution in [2.75, 3.05) is 20.2 Å². The van der Waals surface area contributed by atoms with Crippen LogP contribution in [0.3, 0.4) is 0 Å². The van der Waals surface area contributed by atoms with Crippen molar-refractivity contribution in [2.45, 2.75) is 11.3 Å². The molecule has 1 aromatic rings. The Hall–Kier alpha value is -2.64. The van der Waals surface area contributed by atoms with Gasteiger partial charge in [0.15, 0.2) is 0 Å². The highest BCUT2D eigenvalue weighted by atomic mass is 32.2. The second-order valence-electron chi connectivity index (χ2n) is 4.31. The smallest absolute Gasteiger partial charge is 0.335 e. The molecule has 1 rings (SSSR count). The van der Waals surface area contributed by atoms with Crippen LogP contribution in [-0.2, 0) is 14.8 Å². The number of nitrogens with zero attached hydrogens (tertiary/aromatic N) is 2. The summed E-state index contributed by atoms with van der Waals surface area (Å²) in [5.74, 6) is -2.87. The molecule has 0 amide bonds. The Morgan fingerprint density at radius 1 is 1.35 bits per heavy atom. The highest BCUT2D eigenvalue weighted by molar-refractivity contribution is 7.89. The number of rotatable bonds is 8. The molecule has 0 unspecified atom stereocenters. The molecule has 23 heavy (non-hydrogen) atoms. The van der Waals surface area contributed by atoms with Crippen LogP contribution in [0.25, 0.3) is 0 Å². The standard InChI is InChI=1S/C13H14N2O7S/c1-22-10-7-9(13(18)19)3-4-11(10)23(20,21)15(6-2-5-14)8-12(16)17/h3-4,7H,2,6,8H2,1H3,(H,16,17)(H,18,19). The van der Waals surface area contributed by atoms with Gasteiger partial charge in [-0.1, -0.05) is 0 Å². The molecule has 0 heterocycles. The predicted octanol–water partition coefficient (Wildman–Crippen LogP) is 0.382. The number of nitriles is 1. The summed E-state index contributed by atoms with van der Waals surface area (Å²) in [7, 11) is -3.11. The van der Waals surface area contributed by atoms with Crippen LogP contribution in [0.5, 0.6) is 5.75 Å². The third-order valence-electron chi connectivity index (χ3n) is 2.81. The van der Waals surface area contributed by atoms with Crippen LogP contribution in [0.15, 0.2) is 23.1 Å². The van der Waals surface area contributed by atoms with Gasteiger partial charge in [-0.05, 0) is 18.2 Å². The number of hydrogen-bond acceptors (Lipinski definition) is 6. The minimum atomic E-state index is -4.27. The van der Waals surface area contributed by atoms with Gasteiger partial charge in [-0.25, -0.2) is 13.2 Å². The number of aliphatic carboxylic acids is 1. The number of aromatic carboxylic acids is 1. The molecule has 0 aliphatic rings. The molecule has 0 bridgehead atoms. The number of carboxylic acid groups (broad SMARTS) is 2. The monoisotopic (exact) mass is 342 g/mol. The van der Waals surface area contributed by atoms with Gasteiger partial charge in [0.2, 0.25) is 10.0 Å². The summed E-state index contributed by atoms with van der Waals surface area (Å²) in [5.41, 5.74) is -0.178. The average molecular weight is 342 g/mol. The first-order valence-electron chi connectivity index (χ1n) is 6.24. The fourth-order valence-corrected chi connectivity index (χ4v) is 3.29. The molecule has 2 N–H and O–H groups in total. The number of methoxy groups -OCH3 is 1. The normalized spacial score (nSPS) is 11.0. The van der Waals surface area contributed by atoms with Crippen LogP contribution in [0.4, 0.5) is 0 Å². The fourth-order valence-electron chi connectivity index (χ4n) is 1.76. The Labute approximate surface area is 132 Å². The molecular formula is C13H14N2O7S. The fraction of sp³-hybridized carbons (Fsp3) is 0.308. The molecule has 0 saturated heterocycles. The summed E-state index contributed by atoms with van der Waals surface area (Å²) in [4.78, 5) is 21.4. The second-order valence-corrected chi connectivity index (χ2v) is 6.22.